The molecule has 2 fully saturated rings. The third kappa shape index (κ3) is 3.75. The Morgan fingerprint density at radius 1 is 1.19 bits per heavy atom. The van der Waals surface area contributed by atoms with Crippen LogP contribution < -0.4 is 15.4 Å². The molecule has 1 aliphatic carbocycles. The van der Waals surface area contributed by atoms with Crippen LogP contribution in [0.25, 0.3) is 0 Å². The van der Waals surface area contributed by atoms with E-state index in [0.717, 1.165) is 17.7 Å². The first-order chi connectivity index (χ1) is 12.7. The molecule has 2 amide bonds. The summed E-state index contributed by atoms with van der Waals surface area (Å²) in [5, 5.41) is 13.9. The molecule has 1 saturated carbocycles. The Bertz CT molecular complexity index is 761. The molecule has 0 bridgehead atoms. The van der Waals surface area contributed by atoms with Crippen molar-refractivity contribution in [1.29, 1.82) is 0 Å². The van der Waals surface area contributed by atoms with Gasteiger partial charge in [0.05, 0.1) is 18.8 Å². The summed E-state index contributed by atoms with van der Waals surface area (Å²) in [6.45, 7) is 0.581. The maximum Gasteiger partial charge on any atom is 0.320 e. The van der Waals surface area contributed by atoms with Gasteiger partial charge in [-0.05, 0) is 37.5 Å². The summed E-state index contributed by atoms with van der Waals surface area (Å²) in [4.78, 5) is 16.5. The van der Waals surface area contributed by atoms with Gasteiger partial charge in [-0.1, -0.05) is 0 Å². The monoisotopic (exact) mass is 355 g/mol. The molecule has 8 nitrogen and oxygen atoms in total. The van der Waals surface area contributed by atoms with Crippen LogP contribution in [0.15, 0.2) is 30.5 Å². The lowest BCUT2D eigenvalue weighted by molar-refractivity contribution is 0.100. The molecular formula is C18H21N5O3. The maximum atomic E-state index is 12.3. The predicted octanol–water partition coefficient (Wildman–Crippen LogP) is 2.41. The minimum absolute atomic E-state index is 0.135. The van der Waals surface area contributed by atoms with Crippen LogP contribution in [0.1, 0.15) is 42.5 Å². The number of rotatable bonds is 5. The Kier molecular flexibility index (Phi) is 4.66. The molecule has 2 aliphatic rings. The van der Waals surface area contributed by atoms with Gasteiger partial charge in [0.1, 0.15) is 6.10 Å². The molecule has 2 N–H and O–H groups in total. The highest BCUT2D eigenvalue weighted by atomic mass is 16.5. The van der Waals surface area contributed by atoms with Gasteiger partial charge in [0.25, 0.3) is 0 Å². The lowest BCUT2D eigenvalue weighted by Gasteiger charge is -2.20. The van der Waals surface area contributed by atoms with Gasteiger partial charge in [-0.2, -0.15) is 5.10 Å². The molecule has 8 heteroatoms. The number of aromatic nitrogens is 3. The standard InChI is InChI=1S/C18H21N5O3/c1-25-16-7-4-12(10-19-16)17-14(8-9-26-17)20-18(24)21-15-6-5-13(22-23-15)11-2-3-11/h4-7,10-11,14,17H,2-3,8-9H2,1H3,(H2,20,21,23,24)/t14-,17+/m1/s1. The van der Waals surface area contributed by atoms with Gasteiger partial charge in [-0.25, -0.2) is 9.78 Å². The van der Waals surface area contributed by atoms with Crippen molar-refractivity contribution in [2.75, 3.05) is 19.0 Å². The number of nitrogens with one attached hydrogen (secondary N) is 2. The number of carbonyl (C=O) groups is 1. The number of amides is 2. The van der Waals surface area contributed by atoms with E-state index in [1.165, 1.54) is 12.8 Å². The zero-order valence-electron chi connectivity index (χ0n) is 14.5. The summed E-state index contributed by atoms with van der Waals surface area (Å²) >= 11 is 0. The summed E-state index contributed by atoms with van der Waals surface area (Å²) in [5.41, 5.74) is 1.90. The second kappa shape index (κ2) is 7.25. The fourth-order valence-electron chi connectivity index (χ4n) is 3.07. The molecule has 1 saturated heterocycles. The van der Waals surface area contributed by atoms with Crippen molar-refractivity contribution in [2.45, 2.75) is 37.3 Å². The smallest absolute Gasteiger partial charge is 0.320 e. The topological polar surface area (TPSA) is 98.3 Å². The minimum Gasteiger partial charge on any atom is -0.481 e. The molecule has 0 aromatic carbocycles. The maximum absolute atomic E-state index is 12.3. The molecule has 4 rings (SSSR count). The van der Waals surface area contributed by atoms with Gasteiger partial charge in [0.15, 0.2) is 5.82 Å². The zero-order valence-corrected chi connectivity index (χ0v) is 14.5. The van der Waals surface area contributed by atoms with Crippen LogP contribution in [-0.2, 0) is 4.74 Å². The molecule has 0 unspecified atom stereocenters. The average Bonchev–Trinajstić information content (AvgIpc) is 3.42. The third-order valence-electron chi connectivity index (χ3n) is 4.63. The molecule has 0 radical (unpaired) electrons. The summed E-state index contributed by atoms with van der Waals surface area (Å²) in [6.07, 6.45) is 4.55. The first-order valence-electron chi connectivity index (χ1n) is 8.75. The van der Waals surface area contributed by atoms with Crippen LogP contribution in [-0.4, -0.2) is 41.0 Å². The zero-order chi connectivity index (χ0) is 17.9. The minimum atomic E-state index is -0.319. The van der Waals surface area contributed by atoms with Crippen LogP contribution in [0.2, 0.25) is 0 Å². The predicted molar refractivity (Wildman–Crippen MR) is 94.0 cm³/mol. The van der Waals surface area contributed by atoms with Crippen LogP contribution >= 0.6 is 0 Å². The molecule has 2 atom stereocenters. The summed E-state index contributed by atoms with van der Waals surface area (Å²) in [7, 11) is 1.57. The number of hydrogen-bond donors (Lipinski definition) is 2. The fourth-order valence-corrected chi connectivity index (χ4v) is 3.07. The largest absolute Gasteiger partial charge is 0.481 e. The van der Waals surface area contributed by atoms with E-state index in [4.69, 9.17) is 9.47 Å². The van der Waals surface area contributed by atoms with Crippen molar-refractivity contribution in [2.24, 2.45) is 0 Å². The molecule has 2 aromatic heterocycles. The second-order valence-electron chi connectivity index (χ2n) is 6.54. The van der Waals surface area contributed by atoms with Crippen molar-refractivity contribution in [1.82, 2.24) is 20.5 Å². The second-order valence-corrected chi connectivity index (χ2v) is 6.54. The normalized spacial score (nSPS) is 22.0. The number of methoxy groups -OCH3 is 1. The summed E-state index contributed by atoms with van der Waals surface area (Å²) in [6, 6.07) is 6.94. The highest BCUT2D eigenvalue weighted by Gasteiger charge is 2.31. The molecule has 136 valence electrons. The van der Waals surface area contributed by atoms with Crippen molar-refractivity contribution in [3.8, 4) is 5.88 Å². The average molecular weight is 355 g/mol. The van der Waals surface area contributed by atoms with Gasteiger partial charge < -0.3 is 14.8 Å². The van der Waals surface area contributed by atoms with E-state index >= 15 is 0 Å². The molecule has 2 aromatic rings. The molecule has 26 heavy (non-hydrogen) atoms. The van der Waals surface area contributed by atoms with Crippen LogP contribution in [0.3, 0.4) is 0 Å². The van der Waals surface area contributed by atoms with Crippen LogP contribution in [0, 0.1) is 0 Å². The van der Waals surface area contributed by atoms with Crippen molar-refractivity contribution < 1.29 is 14.3 Å². The third-order valence-corrected chi connectivity index (χ3v) is 4.63. The number of nitrogens with zero attached hydrogens (tertiary/aromatic N) is 3. The Morgan fingerprint density at radius 3 is 2.73 bits per heavy atom. The van der Waals surface area contributed by atoms with E-state index in [0.29, 0.717) is 24.2 Å². The van der Waals surface area contributed by atoms with E-state index in [1.54, 1.807) is 25.4 Å². The number of ether oxygens (including phenoxy) is 2. The number of urea groups is 1. The Hall–Kier alpha value is -2.74. The Labute approximate surface area is 151 Å². The van der Waals surface area contributed by atoms with Gasteiger partial charge in [-0.3, -0.25) is 5.32 Å². The fraction of sp³-hybridized carbons (Fsp3) is 0.444. The van der Waals surface area contributed by atoms with E-state index in [2.05, 4.69) is 25.8 Å². The number of carbonyl (C=O) groups excluding carboxylic acids is 1. The highest BCUT2D eigenvalue weighted by Crippen LogP contribution is 2.38. The van der Waals surface area contributed by atoms with Gasteiger partial charge >= 0.3 is 6.03 Å². The quantitative estimate of drug-likeness (QED) is 0.855. The Morgan fingerprint density at radius 2 is 2.08 bits per heavy atom. The van der Waals surface area contributed by atoms with Gasteiger partial charge in [-0.15, -0.1) is 5.10 Å². The number of hydrogen-bond acceptors (Lipinski definition) is 6. The Balaban J connectivity index is 1.36. The van der Waals surface area contributed by atoms with Gasteiger partial charge in [0.2, 0.25) is 5.88 Å². The number of pyridine rings is 1. The molecule has 3 heterocycles. The van der Waals surface area contributed by atoms with Crippen LogP contribution in [0.5, 0.6) is 5.88 Å². The van der Waals surface area contributed by atoms with E-state index in [9.17, 15) is 4.79 Å². The van der Waals surface area contributed by atoms with Crippen molar-refractivity contribution in [3.63, 3.8) is 0 Å². The lowest BCUT2D eigenvalue weighted by atomic mass is 10.0. The number of anilines is 1. The lowest BCUT2D eigenvalue weighted by Crippen LogP contribution is -2.39. The van der Waals surface area contributed by atoms with Gasteiger partial charge in [0, 0.05) is 30.4 Å². The molecule has 0 spiro atoms. The summed E-state index contributed by atoms with van der Waals surface area (Å²) in [5.74, 6) is 1.52. The first kappa shape index (κ1) is 16.7. The molecule has 1 aliphatic heterocycles. The van der Waals surface area contributed by atoms with Crippen molar-refractivity contribution in [3.05, 3.63) is 41.7 Å². The van der Waals surface area contributed by atoms with E-state index < -0.39 is 0 Å². The molecular weight excluding hydrogens is 334 g/mol. The highest BCUT2D eigenvalue weighted by molar-refractivity contribution is 5.88. The summed E-state index contributed by atoms with van der Waals surface area (Å²) < 4.78 is 10.8. The SMILES string of the molecule is COc1ccc([C@@H]2OCC[C@H]2NC(=O)Nc2ccc(C3CC3)nn2)cn1. The van der Waals surface area contributed by atoms with Crippen LogP contribution in [0.4, 0.5) is 10.6 Å². The van der Waals surface area contributed by atoms with E-state index in [1.807, 2.05) is 12.1 Å². The van der Waals surface area contributed by atoms with Crippen molar-refractivity contribution >= 4 is 11.8 Å². The first-order valence-corrected chi connectivity index (χ1v) is 8.75. The van der Waals surface area contributed by atoms with E-state index in [-0.39, 0.29) is 18.2 Å².